The third-order valence-electron chi connectivity index (χ3n) is 5.33. The van der Waals surface area contributed by atoms with Crippen LogP contribution in [0, 0.1) is 26.7 Å². The summed E-state index contributed by atoms with van der Waals surface area (Å²) in [5.74, 6) is 0.0385. The Morgan fingerprint density at radius 2 is 1.79 bits per heavy atom. The normalized spacial score (nSPS) is 17.0. The van der Waals surface area contributed by atoms with Crippen LogP contribution in [0.15, 0.2) is 36.4 Å². The van der Waals surface area contributed by atoms with Crippen LogP contribution < -0.4 is 10.2 Å². The van der Waals surface area contributed by atoms with Crippen molar-refractivity contribution in [3.63, 3.8) is 0 Å². The molecule has 1 amide bonds. The number of hydrogen-bond acceptors (Lipinski definition) is 5. The predicted octanol–water partition coefficient (Wildman–Crippen LogP) is 4.11. The van der Waals surface area contributed by atoms with Gasteiger partial charge >= 0.3 is 0 Å². The van der Waals surface area contributed by atoms with Crippen LogP contribution in [0.4, 0.5) is 10.8 Å². The Hall–Kier alpha value is -2.67. The molecule has 6 nitrogen and oxygen atoms in total. The van der Waals surface area contributed by atoms with Crippen LogP contribution in [-0.4, -0.2) is 33.8 Å². The van der Waals surface area contributed by atoms with Crippen LogP contribution in [0.3, 0.4) is 0 Å². The van der Waals surface area contributed by atoms with E-state index in [1.165, 1.54) is 0 Å². The molecule has 0 spiro atoms. The van der Waals surface area contributed by atoms with Crippen molar-refractivity contribution in [3.8, 4) is 5.13 Å². The number of nitrogens with one attached hydrogen (secondary N) is 1. The van der Waals surface area contributed by atoms with Gasteiger partial charge < -0.3 is 10.2 Å². The first kappa shape index (κ1) is 18.7. The van der Waals surface area contributed by atoms with Crippen LogP contribution in [-0.2, 0) is 4.79 Å². The number of carbonyl (C=O) groups excluding carboxylic acids is 1. The molecule has 3 aromatic rings. The number of nitrogens with zero attached hydrogens (tertiary/aromatic N) is 4. The Balaban J connectivity index is 1.47. The monoisotopic (exact) mass is 395 g/mol. The van der Waals surface area contributed by atoms with Crippen LogP contribution in [0.1, 0.15) is 29.8 Å². The Labute approximate surface area is 169 Å². The van der Waals surface area contributed by atoms with Gasteiger partial charge in [0.2, 0.25) is 16.2 Å². The minimum Gasteiger partial charge on any atom is -0.346 e. The van der Waals surface area contributed by atoms with Crippen molar-refractivity contribution in [1.29, 1.82) is 0 Å². The second-order valence-corrected chi connectivity index (χ2v) is 8.34. The molecule has 7 heteroatoms. The van der Waals surface area contributed by atoms with Crippen LogP contribution in [0.2, 0.25) is 0 Å². The van der Waals surface area contributed by atoms with Crippen molar-refractivity contribution in [1.82, 2.24) is 14.8 Å². The van der Waals surface area contributed by atoms with Crippen molar-refractivity contribution in [3.05, 3.63) is 53.3 Å². The second-order valence-electron chi connectivity index (χ2n) is 7.41. The Morgan fingerprint density at radius 1 is 1.07 bits per heavy atom. The summed E-state index contributed by atoms with van der Waals surface area (Å²) < 4.78 is 2.12. The van der Waals surface area contributed by atoms with E-state index in [-0.39, 0.29) is 11.8 Å². The Bertz CT molecular complexity index is 973. The molecule has 1 atom stereocenters. The van der Waals surface area contributed by atoms with E-state index in [1.807, 2.05) is 31.2 Å². The van der Waals surface area contributed by atoms with E-state index in [0.29, 0.717) is 6.54 Å². The molecule has 1 aliphatic rings. The lowest BCUT2D eigenvalue weighted by Crippen LogP contribution is -2.40. The molecule has 1 aromatic carbocycles. The quantitative estimate of drug-likeness (QED) is 0.722. The number of carbonyl (C=O) groups is 1. The van der Waals surface area contributed by atoms with E-state index in [1.54, 1.807) is 11.3 Å². The first-order valence-corrected chi connectivity index (χ1v) is 10.4. The maximum atomic E-state index is 12.8. The number of rotatable bonds is 4. The van der Waals surface area contributed by atoms with Gasteiger partial charge in [-0.1, -0.05) is 29.5 Å². The number of amides is 1. The summed E-state index contributed by atoms with van der Waals surface area (Å²) in [5.41, 5.74) is 4.26. The SMILES string of the molecule is Cc1ccccc1NC(=O)[C@H]1CCCN(c2nnc(-n3c(C)ccc3C)s2)C1. The lowest BCUT2D eigenvalue weighted by molar-refractivity contribution is -0.120. The molecule has 1 saturated heterocycles. The van der Waals surface area contributed by atoms with Gasteiger partial charge in [0.15, 0.2) is 0 Å². The fourth-order valence-corrected chi connectivity index (χ4v) is 4.71. The molecule has 28 heavy (non-hydrogen) atoms. The number of piperidine rings is 1. The molecule has 3 heterocycles. The molecule has 1 aliphatic heterocycles. The largest absolute Gasteiger partial charge is 0.346 e. The van der Waals surface area contributed by atoms with Gasteiger partial charge in [0.05, 0.1) is 5.92 Å². The smallest absolute Gasteiger partial charge is 0.229 e. The maximum absolute atomic E-state index is 12.8. The molecule has 146 valence electrons. The highest BCUT2D eigenvalue weighted by Gasteiger charge is 2.28. The summed E-state index contributed by atoms with van der Waals surface area (Å²) in [6.07, 6.45) is 1.87. The molecular weight excluding hydrogens is 370 g/mol. The average Bonchev–Trinajstić information content (AvgIpc) is 3.30. The second kappa shape index (κ2) is 7.75. The molecular formula is C21H25N5OS. The van der Waals surface area contributed by atoms with Gasteiger partial charge in [-0.05, 0) is 57.4 Å². The zero-order valence-electron chi connectivity index (χ0n) is 16.5. The van der Waals surface area contributed by atoms with Gasteiger partial charge in [-0.2, -0.15) is 0 Å². The summed E-state index contributed by atoms with van der Waals surface area (Å²) in [5, 5.41) is 13.7. The van der Waals surface area contributed by atoms with Crippen molar-refractivity contribution < 1.29 is 4.79 Å². The van der Waals surface area contributed by atoms with E-state index >= 15 is 0 Å². The third-order valence-corrected chi connectivity index (χ3v) is 6.30. The van der Waals surface area contributed by atoms with Crippen LogP contribution in [0.25, 0.3) is 5.13 Å². The fraction of sp³-hybridized carbons (Fsp3) is 0.381. The molecule has 1 N–H and O–H groups in total. The predicted molar refractivity (Wildman–Crippen MR) is 113 cm³/mol. The highest BCUT2D eigenvalue weighted by Crippen LogP contribution is 2.29. The van der Waals surface area contributed by atoms with Gasteiger partial charge in [-0.3, -0.25) is 9.36 Å². The van der Waals surface area contributed by atoms with Gasteiger partial charge in [0.25, 0.3) is 0 Å². The molecule has 2 aromatic heterocycles. The average molecular weight is 396 g/mol. The molecule has 0 aliphatic carbocycles. The van der Waals surface area contributed by atoms with Gasteiger partial charge in [0.1, 0.15) is 0 Å². The topological polar surface area (TPSA) is 63.1 Å². The summed E-state index contributed by atoms with van der Waals surface area (Å²) >= 11 is 1.58. The lowest BCUT2D eigenvalue weighted by atomic mass is 9.97. The zero-order valence-corrected chi connectivity index (χ0v) is 17.3. The molecule has 0 unspecified atom stereocenters. The lowest BCUT2D eigenvalue weighted by Gasteiger charge is -2.31. The number of para-hydroxylation sites is 1. The standard InChI is InChI=1S/C21H25N5OS/c1-14-7-4-5-9-18(14)22-19(27)17-8-6-12-25(13-17)20-23-24-21(28-20)26-15(2)10-11-16(26)3/h4-5,7,9-11,17H,6,8,12-13H2,1-3H3,(H,22,27)/t17-/m0/s1. The van der Waals surface area contributed by atoms with E-state index < -0.39 is 0 Å². The third kappa shape index (κ3) is 3.67. The van der Waals surface area contributed by atoms with E-state index in [4.69, 9.17) is 0 Å². The summed E-state index contributed by atoms with van der Waals surface area (Å²) in [6, 6.07) is 12.1. The molecule has 1 fully saturated rings. The Morgan fingerprint density at radius 3 is 2.54 bits per heavy atom. The number of hydrogen-bond donors (Lipinski definition) is 1. The van der Waals surface area contributed by atoms with Crippen LogP contribution in [0.5, 0.6) is 0 Å². The Kier molecular flexibility index (Phi) is 5.17. The molecule has 0 radical (unpaired) electrons. The number of aryl methyl sites for hydroxylation is 3. The number of benzene rings is 1. The number of anilines is 2. The van der Waals surface area contributed by atoms with Gasteiger partial charge in [-0.25, -0.2) is 0 Å². The highest BCUT2D eigenvalue weighted by molar-refractivity contribution is 7.17. The maximum Gasteiger partial charge on any atom is 0.229 e. The molecule has 4 rings (SSSR count). The van der Waals surface area contributed by atoms with Crippen molar-refractivity contribution >= 4 is 28.1 Å². The highest BCUT2D eigenvalue weighted by atomic mass is 32.1. The van der Waals surface area contributed by atoms with Crippen molar-refractivity contribution in [2.24, 2.45) is 5.92 Å². The van der Waals surface area contributed by atoms with E-state index in [9.17, 15) is 4.79 Å². The molecule has 0 saturated carbocycles. The minimum absolute atomic E-state index is 0.0456. The van der Waals surface area contributed by atoms with Gasteiger partial charge in [0, 0.05) is 30.2 Å². The first-order chi connectivity index (χ1) is 13.5. The summed E-state index contributed by atoms with van der Waals surface area (Å²) in [6.45, 7) is 7.74. The first-order valence-electron chi connectivity index (χ1n) is 9.63. The number of aromatic nitrogens is 3. The van der Waals surface area contributed by atoms with Crippen molar-refractivity contribution in [2.45, 2.75) is 33.6 Å². The minimum atomic E-state index is -0.0456. The van der Waals surface area contributed by atoms with E-state index in [2.05, 4.69) is 51.0 Å². The van der Waals surface area contributed by atoms with Crippen LogP contribution >= 0.6 is 11.3 Å². The van der Waals surface area contributed by atoms with Gasteiger partial charge in [-0.15, -0.1) is 10.2 Å². The summed E-state index contributed by atoms with van der Waals surface area (Å²) in [7, 11) is 0. The zero-order chi connectivity index (χ0) is 19.7. The van der Waals surface area contributed by atoms with E-state index in [0.717, 1.165) is 52.3 Å². The fourth-order valence-electron chi connectivity index (χ4n) is 3.71. The summed E-state index contributed by atoms with van der Waals surface area (Å²) in [4.78, 5) is 15.0. The van der Waals surface area contributed by atoms with Crippen molar-refractivity contribution in [2.75, 3.05) is 23.3 Å². The molecule has 0 bridgehead atoms.